The Morgan fingerprint density at radius 1 is 1.09 bits per heavy atom. The smallest absolute Gasteiger partial charge is 0.276 e. The Kier molecular flexibility index (Phi) is 5.07. The first-order chi connectivity index (χ1) is 15.7. The highest BCUT2D eigenvalue weighted by molar-refractivity contribution is 5.83. The number of aromatic nitrogens is 4. The lowest BCUT2D eigenvalue weighted by molar-refractivity contribution is 0.0738. The van der Waals surface area contributed by atoms with Gasteiger partial charge in [-0.25, -0.2) is 14.3 Å². The van der Waals surface area contributed by atoms with Crippen LogP contribution in [0.3, 0.4) is 0 Å². The van der Waals surface area contributed by atoms with Crippen molar-refractivity contribution < 1.29 is 5.11 Å². The molecule has 3 N–H and O–H groups in total. The van der Waals surface area contributed by atoms with Crippen molar-refractivity contribution in [2.75, 3.05) is 5.32 Å². The molecule has 0 saturated heterocycles. The average molecular weight is 445 g/mol. The summed E-state index contributed by atoms with van der Waals surface area (Å²) >= 11 is 0. The molecule has 33 heavy (non-hydrogen) atoms. The largest absolute Gasteiger partial charge is 0.384 e. The van der Waals surface area contributed by atoms with Crippen LogP contribution in [0.2, 0.25) is 0 Å². The molecular formula is C25H28N6O2. The monoisotopic (exact) mass is 444 g/mol. The van der Waals surface area contributed by atoms with Crippen molar-refractivity contribution in [3.63, 3.8) is 0 Å². The van der Waals surface area contributed by atoms with Crippen LogP contribution < -0.4 is 16.2 Å². The van der Waals surface area contributed by atoms with Gasteiger partial charge in [0.15, 0.2) is 0 Å². The van der Waals surface area contributed by atoms with E-state index in [4.69, 9.17) is 0 Å². The van der Waals surface area contributed by atoms with Gasteiger partial charge in [0.2, 0.25) is 0 Å². The molecule has 0 saturated carbocycles. The summed E-state index contributed by atoms with van der Waals surface area (Å²) in [6, 6.07) is 11.8. The zero-order chi connectivity index (χ0) is 23.3. The molecule has 1 aliphatic heterocycles. The molecule has 0 amide bonds. The normalized spacial score (nSPS) is 13.6. The molecule has 4 heterocycles. The molecular weight excluding hydrogens is 416 g/mol. The summed E-state index contributed by atoms with van der Waals surface area (Å²) in [5, 5.41) is 17.7. The fourth-order valence-corrected chi connectivity index (χ4v) is 4.32. The van der Waals surface area contributed by atoms with E-state index in [1.807, 2.05) is 42.8 Å². The molecule has 0 fully saturated rings. The second kappa shape index (κ2) is 7.83. The Hall–Kier alpha value is -3.49. The van der Waals surface area contributed by atoms with Crippen molar-refractivity contribution >= 4 is 22.4 Å². The Balaban J connectivity index is 1.65. The maximum absolute atomic E-state index is 13.3. The van der Waals surface area contributed by atoms with Gasteiger partial charge >= 0.3 is 0 Å². The van der Waals surface area contributed by atoms with E-state index < -0.39 is 5.60 Å². The summed E-state index contributed by atoms with van der Waals surface area (Å²) in [6.07, 6.45) is 3.28. The van der Waals surface area contributed by atoms with Gasteiger partial charge in [-0.1, -0.05) is 6.07 Å². The summed E-state index contributed by atoms with van der Waals surface area (Å²) < 4.78 is 3.60. The number of fused-ring (bicyclic) bond motifs is 2. The van der Waals surface area contributed by atoms with Gasteiger partial charge in [-0.2, -0.15) is 0 Å². The lowest BCUT2D eigenvalue weighted by atomic mass is 10.0. The first-order valence-electron chi connectivity index (χ1n) is 11.1. The van der Waals surface area contributed by atoms with Crippen LogP contribution in [-0.2, 0) is 18.7 Å². The van der Waals surface area contributed by atoms with Crippen molar-refractivity contribution in [1.29, 1.82) is 0 Å². The van der Waals surface area contributed by atoms with Gasteiger partial charge < -0.3 is 15.7 Å². The number of nitrogens with one attached hydrogen (secondary N) is 2. The standard InChI is InChI=1S/C25H28N6O2/c1-15(2)30-24(32)20-14-28-23(29-18-6-5-16-12-26-13-17(16)9-18)11-21(20)31(30)19-7-8-27-22(10-19)25(3,4)33/h5-11,14-15,26,33H,12-13H2,1-4H3,(H,28,29). The van der Waals surface area contributed by atoms with Crippen molar-refractivity contribution in [2.45, 2.75) is 52.4 Å². The van der Waals surface area contributed by atoms with Crippen LogP contribution in [0.4, 0.5) is 11.5 Å². The van der Waals surface area contributed by atoms with Crippen molar-refractivity contribution in [1.82, 2.24) is 24.6 Å². The fourth-order valence-electron chi connectivity index (χ4n) is 4.32. The second-order valence-corrected chi connectivity index (χ2v) is 9.31. The number of pyridine rings is 2. The Bertz CT molecular complexity index is 1410. The summed E-state index contributed by atoms with van der Waals surface area (Å²) in [4.78, 5) is 22.1. The third-order valence-electron chi connectivity index (χ3n) is 5.98. The molecule has 3 aromatic heterocycles. The van der Waals surface area contributed by atoms with Gasteiger partial charge in [0.05, 0.1) is 22.3 Å². The number of hydrogen-bond donors (Lipinski definition) is 3. The molecule has 8 heteroatoms. The summed E-state index contributed by atoms with van der Waals surface area (Å²) in [6.45, 7) is 9.09. The number of nitrogens with zero attached hydrogens (tertiary/aromatic N) is 4. The SMILES string of the molecule is CC(C)n1c(=O)c2cnc(Nc3ccc4c(c3)CNC4)cc2n1-c1ccnc(C(C)(C)O)c1. The van der Waals surface area contributed by atoms with E-state index in [1.165, 1.54) is 11.1 Å². The van der Waals surface area contributed by atoms with Gasteiger partial charge in [0.25, 0.3) is 5.56 Å². The van der Waals surface area contributed by atoms with Gasteiger partial charge in [0.1, 0.15) is 11.4 Å². The summed E-state index contributed by atoms with van der Waals surface area (Å²) in [5.74, 6) is 0.653. The summed E-state index contributed by atoms with van der Waals surface area (Å²) in [5.41, 5.74) is 4.36. The van der Waals surface area contributed by atoms with E-state index in [2.05, 4.69) is 32.7 Å². The van der Waals surface area contributed by atoms with Crippen LogP contribution in [0.25, 0.3) is 16.6 Å². The molecule has 5 rings (SSSR count). The third kappa shape index (κ3) is 3.81. The zero-order valence-electron chi connectivity index (χ0n) is 19.3. The molecule has 1 aliphatic rings. The second-order valence-electron chi connectivity index (χ2n) is 9.31. The Labute approximate surface area is 191 Å². The number of rotatable bonds is 5. The minimum atomic E-state index is -1.10. The van der Waals surface area contributed by atoms with Crippen LogP contribution in [0.1, 0.15) is 50.6 Å². The first kappa shape index (κ1) is 21.4. The molecule has 4 aromatic rings. The van der Waals surface area contributed by atoms with Crippen LogP contribution in [0, 0.1) is 0 Å². The molecule has 0 spiro atoms. The van der Waals surface area contributed by atoms with Crippen molar-refractivity contribution in [2.24, 2.45) is 0 Å². The molecule has 0 aliphatic carbocycles. The van der Waals surface area contributed by atoms with E-state index in [9.17, 15) is 9.90 Å². The minimum Gasteiger partial charge on any atom is -0.384 e. The number of aliphatic hydroxyl groups is 1. The van der Waals surface area contributed by atoms with E-state index in [-0.39, 0.29) is 11.6 Å². The van der Waals surface area contributed by atoms with E-state index in [0.29, 0.717) is 16.9 Å². The van der Waals surface area contributed by atoms with Crippen LogP contribution in [-0.4, -0.2) is 24.4 Å². The lowest BCUT2D eigenvalue weighted by Crippen LogP contribution is -2.25. The van der Waals surface area contributed by atoms with Crippen molar-refractivity contribution in [3.05, 3.63) is 76.0 Å². The zero-order valence-corrected chi connectivity index (χ0v) is 19.3. The highest BCUT2D eigenvalue weighted by Crippen LogP contribution is 2.27. The van der Waals surface area contributed by atoms with E-state index in [1.54, 1.807) is 30.9 Å². The highest BCUT2D eigenvalue weighted by Gasteiger charge is 2.22. The molecule has 0 bridgehead atoms. The van der Waals surface area contributed by atoms with E-state index >= 15 is 0 Å². The minimum absolute atomic E-state index is 0.0794. The van der Waals surface area contributed by atoms with Crippen LogP contribution >= 0.6 is 0 Å². The van der Waals surface area contributed by atoms with Gasteiger partial charge in [-0.15, -0.1) is 0 Å². The Morgan fingerprint density at radius 2 is 1.88 bits per heavy atom. The molecule has 170 valence electrons. The lowest BCUT2D eigenvalue weighted by Gasteiger charge is -2.20. The molecule has 1 aromatic carbocycles. The van der Waals surface area contributed by atoms with Crippen LogP contribution in [0.15, 0.2) is 53.6 Å². The number of hydrogen-bond acceptors (Lipinski definition) is 6. The maximum Gasteiger partial charge on any atom is 0.276 e. The number of anilines is 2. The maximum atomic E-state index is 13.3. The molecule has 0 radical (unpaired) electrons. The van der Waals surface area contributed by atoms with Gasteiger partial charge in [0, 0.05) is 43.3 Å². The fraction of sp³-hybridized carbons (Fsp3) is 0.320. The number of benzene rings is 1. The summed E-state index contributed by atoms with van der Waals surface area (Å²) in [7, 11) is 0. The highest BCUT2D eigenvalue weighted by atomic mass is 16.3. The molecule has 8 nitrogen and oxygen atoms in total. The third-order valence-corrected chi connectivity index (χ3v) is 5.98. The predicted octanol–water partition coefficient (Wildman–Crippen LogP) is 3.74. The predicted molar refractivity (Wildman–Crippen MR) is 129 cm³/mol. The van der Waals surface area contributed by atoms with Crippen molar-refractivity contribution in [3.8, 4) is 5.69 Å². The average Bonchev–Trinajstić information content (AvgIpc) is 3.35. The quantitative estimate of drug-likeness (QED) is 0.434. The topological polar surface area (TPSA) is 97.0 Å². The Morgan fingerprint density at radius 3 is 2.64 bits per heavy atom. The van der Waals surface area contributed by atoms with Gasteiger partial charge in [-0.3, -0.25) is 9.78 Å². The van der Waals surface area contributed by atoms with E-state index in [0.717, 1.165) is 30.0 Å². The molecule has 0 unspecified atom stereocenters. The first-order valence-corrected chi connectivity index (χ1v) is 11.1. The molecule has 0 atom stereocenters. The van der Waals surface area contributed by atoms with Gasteiger partial charge in [-0.05, 0) is 63.1 Å². The van der Waals surface area contributed by atoms with Crippen LogP contribution in [0.5, 0.6) is 0 Å².